The summed E-state index contributed by atoms with van der Waals surface area (Å²) in [6.45, 7) is 0.963. The van der Waals surface area contributed by atoms with Crippen molar-refractivity contribution in [1.82, 2.24) is 4.90 Å². The molecule has 3 N–H and O–H groups in total. The van der Waals surface area contributed by atoms with Gasteiger partial charge in [-0.05, 0) is 60.0 Å². The second kappa shape index (κ2) is 9.75. The third-order valence-corrected chi connectivity index (χ3v) is 6.01. The molecule has 0 aliphatic carbocycles. The third-order valence-electron chi connectivity index (χ3n) is 5.67. The summed E-state index contributed by atoms with van der Waals surface area (Å²) in [4.78, 5) is 40.5. The second-order valence-corrected chi connectivity index (χ2v) is 8.18. The lowest BCUT2D eigenvalue weighted by Crippen LogP contribution is -2.44. The Bertz CT molecular complexity index is 1200. The van der Waals surface area contributed by atoms with E-state index in [0.29, 0.717) is 41.5 Å². The number of benzene rings is 3. The molecule has 3 aromatic carbocycles. The molecule has 4 rings (SSSR count). The number of rotatable bonds is 6. The first-order valence-corrected chi connectivity index (χ1v) is 10.9. The largest absolute Gasteiger partial charge is 0.398 e. The summed E-state index contributed by atoms with van der Waals surface area (Å²) in [5, 5.41) is 2.91. The first kappa shape index (κ1) is 22.4. The average molecular weight is 463 g/mol. The summed E-state index contributed by atoms with van der Waals surface area (Å²) in [5.74, 6) is -0.532. The molecular formula is C25H23ClN4O3. The highest BCUT2D eigenvalue weighted by molar-refractivity contribution is 6.33. The minimum atomic E-state index is -0.375. The number of carbonyl (C=O) groups is 3. The van der Waals surface area contributed by atoms with Gasteiger partial charge in [0.2, 0.25) is 12.3 Å². The Labute approximate surface area is 196 Å². The van der Waals surface area contributed by atoms with Crippen LogP contribution in [0.3, 0.4) is 0 Å². The summed E-state index contributed by atoms with van der Waals surface area (Å²) < 4.78 is 0. The number of amides is 3. The Hall–Kier alpha value is -3.84. The number of anilines is 3. The summed E-state index contributed by atoms with van der Waals surface area (Å²) >= 11 is 6.01. The molecule has 3 aromatic rings. The van der Waals surface area contributed by atoms with Crippen molar-refractivity contribution in [2.75, 3.05) is 29.0 Å². The van der Waals surface area contributed by atoms with Gasteiger partial charge in [-0.25, -0.2) is 0 Å². The summed E-state index contributed by atoms with van der Waals surface area (Å²) in [6.07, 6.45) is 1.35. The topological polar surface area (TPSA) is 95.7 Å². The van der Waals surface area contributed by atoms with Gasteiger partial charge in [-0.1, -0.05) is 35.9 Å². The fourth-order valence-electron chi connectivity index (χ4n) is 3.86. The molecule has 0 saturated carbocycles. The normalized spacial score (nSPS) is 12.6. The van der Waals surface area contributed by atoms with Crippen LogP contribution in [-0.2, 0) is 22.6 Å². The van der Waals surface area contributed by atoms with Gasteiger partial charge in [-0.2, -0.15) is 0 Å². The van der Waals surface area contributed by atoms with Crippen LogP contribution in [-0.4, -0.2) is 36.2 Å². The molecule has 0 unspecified atom stereocenters. The van der Waals surface area contributed by atoms with Crippen molar-refractivity contribution in [1.29, 1.82) is 0 Å². The fraction of sp³-hybridized carbons (Fsp3) is 0.160. The Morgan fingerprint density at radius 1 is 1.06 bits per heavy atom. The molecule has 0 fully saturated rings. The van der Waals surface area contributed by atoms with Gasteiger partial charge in [-0.3, -0.25) is 19.3 Å². The molecule has 1 aliphatic heterocycles. The summed E-state index contributed by atoms with van der Waals surface area (Å²) in [5.41, 5.74) is 9.96. The number of carbonyl (C=O) groups excluding carboxylic acids is 3. The highest BCUT2D eigenvalue weighted by Gasteiger charge is 2.26. The molecule has 3 amide bonds. The molecular weight excluding hydrogens is 440 g/mol. The zero-order valence-electron chi connectivity index (χ0n) is 17.8. The van der Waals surface area contributed by atoms with Crippen molar-refractivity contribution >= 4 is 46.9 Å². The average Bonchev–Trinajstić information content (AvgIpc) is 2.84. The quantitative estimate of drug-likeness (QED) is 0.431. The van der Waals surface area contributed by atoms with Crippen molar-refractivity contribution in [2.24, 2.45) is 0 Å². The number of nitrogen functional groups attached to an aromatic ring is 1. The first-order chi connectivity index (χ1) is 16.0. The van der Waals surface area contributed by atoms with E-state index >= 15 is 0 Å². The maximum absolute atomic E-state index is 13.4. The molecule has 0 spiro atoms. The number of hydrogen-bond donors (Lipinski definition) is 2. The molecule has 0 aromatic heterocycles. The number of hydrogen-bond acceptors (Lipinski definition) is 4. The predicted octanol–water partition coefficient (Wildman–Crippen LogP) is 3.72. The molecule has 7 nitrogen and oxygen atoms in total. The van der Waals surface area contributed by atoms with Crippen LogP contribution in [0, 0.1) is 0 Å². The van der Waals surface area contributed by atoms with Crippen molar-refractivity contribution in [3.05, 3.63) is 88.4 Å². The first-order valence-electron chi connectivity index (χ1n) is 10.5. The number of nitrogens with two attached hydrogens (primary N) is 1. The van der Waals surface area contributed by atoms with Gasteiger partial charge in [0.15, 0.2) is 0 Å². The number of halogens is 1. The zero-order valence-corrected chi connectivity index (χ0v) is 18.6. The maximum atomic E-state index is 13.4. The molecule has 0 bridgehead atoms. The molecule has 0 radical (unpaired) electrons. The van der Waals surface area contributed by atoms with Crippen LogP contribution >= 0.6 is 11.6 Å². The molecule has 1 aliphatic rings. The fourth-order valence-corrected chi connectivity index (χ4v) is 3.98. The van der Waals surface area contributed by atoms with Gasteiger partial charge < -0.3 is 16.0 Å². The van der Waals surface area contributed by atoms with Gasteiger partial charge in [0.05, 0.1) is 10.7 Å². The van der Waals surface area contributed by atoms with Crippen LogP contribution in [0.15, 0.2) is 66.7 Å². The Kier molecular flexibility index (Phi) is 6.60. The summed E-state index contributed by atoms with van der Waals surface area (Å²) in [7, 11) is 0. The van der Waals surface area contributed by atoms with Crippen molar-refractivity contribution in [2.45, 2.75) is 13.0 Å². The van der Waals surface area contributed by atoms with E-state index in [1.807, 2.05) is 18.2 Å². The lowest BCUT2D eigenvalue weighted by molar-refractivity contribution is -0.130. The minimum absolute atomic E-state index is 0.135. The third kappa shape index (κ3) is 4.99. The number of fused-ring (bicyclic) bond motifs is 1. The lowest BCUT2D eigenvalue weighted by Gasteiger charge is -2.31. The summed E-state index contributed by atoms with van der Waals surface area (Å²) in [6, 6.07) is 19.4. The van der Waals surface area contributed by atoms with E-state index in [-0.39, 0.29) is 24.0 Å². The predicted molar refractivity (Wildman–Crippen MR) is 129 cm³/mol. The van der Waals surface area contributed by atoms with Crippen molar-refractivity contribution in [3.8, 4) is 0 Å². The molecule has 0 saturated heterocycles. The van der Waals surface area contributed by atoms with Crippen molar-refractivity contribution in [3.63, 3.8) is 0 Å². The SMILES string of the molecule is Nc1cc(C(=O)N(CC(=O)N2CCc3ccccc3C2)c2ccc(NC=O)cc2)ccc1Cl. The van der Waals surface area contributed by atoms with E-state index in [9.17, 15) is 14.4 Å². The van der Waals surface area contributed by atoms with Gasteiger partial charge in [0, 0.05) is 30.0 Å². The smallest absolute Gasteiger partial charge is 0.258 e. The molecule has 1 heterocycles. The van der Waals surface area contributed by atoms with Gasteiger partial charge in [-0.15, -0.1) is 0 Å². The van der Waals surface area contributed by atoms with E-state index in [1.54, 1.807) is 41.3 Å². The lowest BCUT2D eigenvalue weighted by atomic mass is 10.00. The number of nitrogens with one attached hydrogen (secondary N) is 1. The highest BCUT2D eigenvalue weighted by Crippen LogP contribution is 2.25. The van der Waals surface area contributed by atoms with E-state index in [1.165, 1.54) is 16.5 Å². The van der Waals surface area contributed by atoms with Crippen LogP contribution in [0.1, 0.15) is 21.5 Å². The van der Waals surface area contributed by atoms with Gasteiger partial charge in [0.25, 0.3) is 5.91 Å². The molecule has 8 heteroatoms. The van der Waals surface area contributed by atoms with Crippen LogP contribution in [0.5, 0.6) is 0 Å². The minimum Gasteiger partial charge on any atom is -0.398 e. The second-order valence-electron chi connectivity index (χ2n) is 7.77. The Morgan fingerprint density at radius 3 is 2.48 bits per heavy atom. The van der Waals surface area contributed by atoms with Crippen molar-refractivity contribution < 1.29 is 14.4 Å². The zero-order chi connectivity index (χ0) is 23.4. The molecule has 33 heavy (non-hydrogen) atoms. The van der Waals surface area contributed by atoms with E-state index in [2.05, 4.69) is 11.4 Å². The Morgan fingerprint density at radius 2 is 1.79 bits per heavy atom. The van der Waals surface area contributed by atoms with Gasteiger partial charge >= 0.3 is 0 Å². The van der Waals surface area contributed by atoms with E-state index in [4.69, 9.17) is 17.3 Å². The van der Waals surface area contributed by atoms with Crippen LogP contribution < -0.4 is 16.0 Å². The van der Waals surface area contributed by atoms with Crippen LogP contribution in [0.4, 0.5) is 17.1 Å². The molecule has 0 atom stereocenters. The highest BCUT2D eigenvalue weighted by atomic mass is 35.5. The maximum Gasteiger partial charge on any atom is 0.258 e. The van der Waals surface area contributed by atoms with Gasteiger partial charge in [0.1, 0.15) is 6.54 Å². The Balaban J connectivity index is 1.60. The number of nitrogens with zero attached hydrogens (tertiary/aromatic N) is 2. The van der Waals surface area contributed by atoms with E-state index in [0.717, 1.165) is 12.0 Å². The standard InChI is InChI=1S/C25H23ClN4O3/c26-22-10-5-18(13-23(22)27)25(33)30(21-8-6-20(7-9-21)28-16-31)15-24(32)29-12-11-17-3-1-2-4-19(17)14-29/h1-10,13,16H,11-12,14-15,27H2,(H,28,31). The molecule has 168 valence electrons. The van der Waals surface area contributed by atoms with Crippen LogP contribution in [0.25, 0.3) is 0 Å². The van der Waals surface area contributed by atoms with E-state index < -0.39 is 0 Å². The monoisotopic (exact) mass is 462 g/mol. The van der Waals surface area contributed by atoms with Crippen LogP contribution in [0.2, 0.25) is 5.02 Å².